The number of carbonyl (C=O) groups excluding carboxylic acids is 3. The van der Waals surface area contributed by atoms with Crippen molar-refractivity contribution in [2.24, 2.45) is 5.41 Å². The average Bonchev–Trinajstić information content (AvgIpc) is 2.69. The first-order valence-corrected chi connectivity index (χ1v) is 8.82. The van der Waals surface area contributed by atoms with Gasteiger partial charge >= 0.3 is 5.97 Å². The summed E-state index contributed by atoms with van der Waals surface area (Å²) in [5.41, 5.74) is -0.333. The van der Waals surface area contributed by atoms with E-state index in [0.717, 1.165) is 0 Å². The number of methoxy groups -OCH3 is 1. The topological polar surface area (TPSA) is 93.7 Å². The predicted molar refractivity (Wildman–Crippen MR) is 106 cm³/mol. The van der Waals surface area contributed by atoms with Crippen molar-refractivity contribution in [1.29, 1.82) is 0 Å². The Morgan fingerprint density at radius 1 is 0.929 bits per heavy atom. The number of para-hydroxylation sites is 1. The molecule has 2 amide bonds. The lowest BCUT2D eigenvalue weighted by Crippen LogP contribution is -2.41. The summed E-state index contributed by atoms with van der Waals surface area (Å²) in [5, 5.41) is 5.37. The van der Waals surface area contributed by atoms with Crippen LogP contribution in [0.4, 0.5) is 11.4 Å². The number of amides is 2. The number of nitrogens with one attached hydrogen (secondary N) is 2. The van der Waals surface area contributed by atoms with Gasteiger partial charge in [-0.15, -0.1) is 0 Å². The summed E-state index contributed by atoms with van der Waals surface area (Å²) >= 11 is 0. The van der Waals surface area contributed by atoms with Gasteiger partial charge in [0.2, 0.25) is 11.8 Å². The minimum absolute atomic E-state index is 0.219. The van der Waals surface area contributed by atoms with Gasteiger partial charge in [0, 0.05) is 5.69 Å². The van der Waals surface area contributed by atoms with Crippen LogP contribution in [0, 0.1) is 5.41 Å². The van der Waals surface area contributed by atoms with Crippen LogP contribution in [0.3, 0.4) is 0 Å². The molecule has 7 nitrogen and oxygen atoms in total. The number of anilines is 2. The van der Waals surface area contributed by atoms with Crippen molar-refractivity contribution >= 4 is 29.2 Å². The smallest absolute Gasteiger partial charge is 0.340 e. The van der Waals surface area contributed by atoms with Crippen LogP contribution in [0.2, 0.25) is 0 Å². The van der Waals surface area contributed by atoms with Crippen LogP contribution in [0.15, 0.2) is 48.5 Å². The molecule has 0 fully saturated rings. The van der Waals surface area contributed by atoms with Crippen molar-refractivity contribution in [1.82, 2.24) is 0 Å². The zero-order valence-corrected chi connectivity index (χ0v) is 16.4. The Labute approximate surface area is 164 Å². The highest BCUT2D eigenvalue weighted by molar-refractivity contribution is 6.15. The average molecular weight is 384 g/mol. The Bertz CT molecular complexity index is 859. The van der Waals surface area contributed by atoms with Crippen LogP contribution >= 0.6 is 0 Å². The van der Waals surface area contributed by atoms with Gasteiger partial charge in [0.15, 0.2) is 0 Å². The Balaban J connectivity index is 2.13. The fraction of sp³-hybridized carbons (Fsp3) is 0.286. The van der Waals surface area contributed by atoms with Crippen LogP contribution < -0.4 is 15.4 Å². The van der Waals surface area contributed by atoms with Gasteiger partial charge in [-0.05, 0) is 57.2 Å². The maximum absolute atomic E-state index is 12.8. The van der Waals surface area contributed by atoms with Crippen LogP contribution in [-0.2, 0) is 14.3 Å². The monoisotopic (exact) mass is 384 g/mol. The molecule has 0 atom stereocenters. The number of esters is 1. The zero-order chi connectivity index (χ0) is 20.7. The number of carbonyl (C=O) groups is 3. The van der Waals surface area contributed by atoms with E-state index in [1.165, 1.54) is 13.8 Å². The van der Waals surface area contributed by atoms with E-state index in [1.54, 1.807) is 62.6 Å². The highest BCUT2D eigenvalue weighted by Crippen LogP contribution is 2.24. The Hall–Kier alpha value is -3.35. The Morgan fingerprint density at radius 3 is 2.14 bits per heavy atom. The lowest BCUT2D eigenvalue weighted by atomic mass is 9.90. The molecule has 0 heterocycles. The Morgan fingerprint density at radius 2 is 1.54 bits per heavy atom. The van der Waals surface area contributed by atoms with E-state index in [2.05, 4.69) is 10.6 Å². The molecule has 28 heavy (non-hydrogen) atoms. The molecule has 0 aromatic heterocycles. The first-order chi connectivity index (χ1) is 13.3. The lowest BCUT2D eigenvalue weighted by molar-refractivity contribution is -0.135. The van der Waals surface area contributed by atoms with E-state index in [4.69, 9.17) is 9.47 Å². The van der Waals surface area contributed by atoms with Crippen molar-refractivity contribution in [3.8, 4) is 5.75 Å². The number of hydrogen-bond acceptors (Lipinski definition) is 5. The number of hydrogen-bond donors (Lipinski definition) is 2. The molecule has 0 spiro atoms. The first-order valence-electron chi connectivity index (χ1n) is 8.82. The Kier molecular flexibility index (Phi) is 6.76. The largest absolute Gasteiger partial charge is 0.497 e. The molecule has 0 aliphatic rings. The van der Waals surface area contributed by atoms with E-state index < -0.39 is 23.2 Å². The van der Waals surface area contributed by atoms with Gasteiger partial charge in [0.1, 0.15) is 11.2 Å². The summed E-state index contributed by atoms with van der Waals surface area (Å²) in [4.78, 5) is 37.5. The van der Waals surface area contributed by atoms with Gasteiger partial charge in [0.05, 0.1) is 25.0 Å². The van der Waals surface area contributed by atoms with Crippen molar-refractivity contribution < 1.29 is 23.9 Å². The molecule has 0 saturated carbocycles. The zero-order valence-electron chi connectivity index (χ0n) is 16.4. The number of ether oxygens (including phenoxy) is 2. The maximum Gasteiger partial charge on any atom is 0.340 e. The molecule has 2 rings (SSSR count). The first kappa shape index (κ1) is 21.0. The molecular weight excluding hydrogens is 360 g/mol. The maximum atomic E-state index is 12.8. The molecule has 2 aromatic carbocycles. The van der Waals surface area contributed by atoms with Crippen molar-refractivity contribution in [3.05, 3.63) is 54.1 Å². The van der Waals surface area contributed by atoms with E-state index in [-0.39, 0.29) is 17.9 Å². The SMILES string of the molecule is CCOC(=O)c1ccccc1NC(=O)C(C)(C)C(=O)Nc1ccc(OC)cc1. The molecule has 148 valence electrons. The summed E-state index contributed by atoms with van der Waals surface area (Å²) in [6.07, 6.45) is 0. The molecular formula is C21H24N2O5. The normalized spacial score (nSPS) is 10.7. The third-order valence-electron chi connectivity index (χ3n) is 4.15. The van der Waals surface area contributed by atoms with Gasteiger partial charge in [-0.2, -0.15) is 0 Å². The fourth-order valence-electron chi connectivity index (χ4n) is 2.32. The summed E-state index contributed by atoms with van der Waals surface area (Å²) < 4.78 is 10.1. The number of benzene rings is 2. The minimum atomic E-state index is -1.39. The van der Waals surface area contributed by atoms with Gasteiger partial charge in [0.25, 0.3) is 0 Å². The summed E-state index contributed by atoms with van der Waals surface area (Å²) in [6, 6.07) is 13.3. The fourth-order valence-corrected chi connectivity index (χ4v) is 2.32. The van der Waals surface area contributed by atoms with Gasteiger partial charge in [-0.1, -0.05) is 12.1 Å². The van der Waals surface area contributed by atoms with Crippen LogP contribution in [0.1, 0.15) is 31.1 Å². The van der Waals surface area contributed by atoms with E-state index in [0.29, 0.717) is 11.4 Å². The van der Waals surface area contributed by atoms with E-state index in [9.17, 15) is 14.4 Å². The third kappa shape index (κ3) is 4.88. The molecule has 0 saturated heterocycles. The quantitative estimate of drug-likeness (QED) is 0.563. The van der Waals surface area contributed by atoms with Gasteiger partial charge in [-0.25, -0.2) is 4.79 Å². The summed E-state index contributed by atoms with van der Waals surface area (Å²) in [5.74, 6) is -0.913. The molecule has 0 aliphatic carbocycles. The van der Waals surface area contributed by atoms with Crippen molar-refractivity contribution in [2.75, 3.05) is 24.4 Å². The summed E-state index contributed by atoms with van der Waals surface area (Å²) in [6.45, 7) is 4.94. The van der Waals surface area contributed by atoms with E-state index >= 15 is 0 Å². The van der Waals surface area contributed by atoms with Crippen molar-refractivity contribution in [2.45, 2.75) is 20.8 Å². The minimum Gasteiger partial charge on any atom is -0.497 e. The van der Waals surface area contributed by atoms with Crippen LogP contribution in [0.5, 0.6) is 5.75 Å². The van der Waals surface area contributed by atoms with E-state index in [1.807, 2.05) is 0 Å². The second-order valence-electron chi connectivity index (χ2n) is 6.53. The van der Waals surface area contributed by atoms with Gasteiger partial charge < -0.3 is 20.1 Å². The van der Waals surface area contributed by atoms with Gasteiger partial charge in [-0.3, -0.25) is 9.59 Å². The second-order valence-corrected chi connectivity index (χ2v) is 6.53. The summed E-state index contributed by atoms with van der Waals surface area (Å²) in [7, 11) is 1.55. The van der Waals surface area contributed by atoms with Crippen LogP contribution in [-0.4, -0.2) is 31.5 Å². The highest BCUT2D eigenvalue weighted by atomic mass is 16.5. The molecule has 2 aromatic rings. The highest BCUT2D eigenvalue weighted by Gasteiger charge is 2.36. The molecule has 2 N–H and O–H groups in total. The molecule has 0 bridgehead atoms. The standard InChI is InChI=1S/C21H24N2O5/c1-5-28-18(24)16-8-6-7-9-17(16)23-20(26)21(2,3)19(25)22-14-10-12-15(27-4)13-11-14/h6-13H,5H2,1-4H3,(H,22,25)(H,23,26). The molecule has 7 heteroatoms. The second kappa shape index (κ2) is 9.03. The predicted octanol–water partition coefficient (Wildman–Crippen LogP) is 3.48. The lowest BCUT2D eigenvalue weighted by Gasteiger charge is -2.23. The molecule has 0 aliphatic heterocycles. The van der Waals surface area contributed by atoms with Crippen molar-refractivity contribution in [3.63, 3.8) is 0 Å². The van der Waals surface area contributed by atoms with Crippen LogP contribution in [0.25, 0.3) is 0 Å². The molecule has 0 radical (unpaired) electrons. The molecule has 0 unspecified atom stereocenters. The number of rotatable bonds is 7. The third-order valence-corrected chi connectivity index (χ3v) is 4.15.